The van der Waals surface area contributed by atoms with Crippen molar-refractivity contribution in [1.82, 2.24) is 0 Å². The Morgan fingerprint density at radius 1 is 0.941 bits per heavy atom. The minimum Gasteiger partial charge on any atom is -0.495 e. The van der Waals surface area contributed by atoms with Crippen LogP contribution in [0.4, 0.5) is 5.69 Å². The molecule has 2 aromatic carbocycles. The fourth-order valence-electron chi connectivity index (χ4n) is 3.62. The van der Waals surface area contributed by atoms with Gasteiger partial charge < -0.3 is 20.5 Å². The zero-order valence-electron chi connectivity index (χ0n) is 21.9. The fourth-order valence-corrected chi connectivity index (χ4v) is 3.62. The third-order valence-electron chi connectivity index (χ3n) is 6.93. The van der Waals surface area contributed by atoms with Crippen molar-refractivity contribution in [2.45, 2.75) is 84.7 Å². The van der Waals surface area contributed by atoms with Gasteiger partial charge in [0.25, 0.3) is 5.91 Å². The van der Waals surface area contributed by atoms with E-state index in [1.165, 1.54) is 18.7 Å². The molecule has 186 valence electrons. The molecule has 0 bridgehead atoms. The number of ether oxygens (including phenoxy) is 2. The van der Waals surface area contributed by atoms with Gasteiger partial charge in [0, 0.05) is 11.1 Å². The first-order valence-corrected chi connectivity index (χ1v) is 12.0. The van der Waals surface area contributed by atoms with Crippen LogP contribution in [-0.2, 0) is 15.6 Å². The first-order valence-electron chi connectivity index (χ1n) is 12.0. The van der Waals surface area contributed by atoms with Gasteiger partial charge in [-0.05, 0) is 59.9 Å². The van der Waals surface area contributed by atoms with Gasteiger partial charge in [0.1, 0.15) is 11.5 Å². The lowest BCUT2D eigenvalue weighted by molar-refractivity contribution is -0.122. The molecule has 0 saturated carbocycles. The minimum atomic E-state index is -0.724. The molecule has 3 N–H and O–H groups in total. The maximum absolute atomic E-state index is 13.2. The van der Waals surface area contributed by atoms with E-state index >= 15 is 0 Å². The molecule has 0 saturated heterocycles. The molecule has 1 atom stereocenters. The van der Waals surface area contributed by atoms with Crippen LogP contribution >= 0.6 is 0 Å². The van der Waals surface area contributed by atoms with Gasteiger partial charge >= 0.3 is 0 Å². The second-order valence-electron chi connectivity index (χ2n) is 9.97. The van der Waals surface area contributed by atoms with Crippen molar-refractivity contribution in [1.29, 1.82) is 0 Å². The molecule has 0 spiro atoms. The average molecular weight is 469 g/mol. The predicted molar refractivity (Wildman–Crippen MR) is 138 cm³/mol. The van der Waals surface area contributed by atoms with Crippen LogP contribution in [0.2, 0.25) is 0 Å². The predicted octanol–water partition coefficient (Wildman–Crippen LogP) is 5.97. The standard InChI is InChI=1S/C28H40N2O4/c1-9-22(26(32)30-21-16-18(25(29)31)12-14-24(21)33-8)34-23-15-13-19(27(4,5)10-2)17-20(23)28(6,7)11-3/h12-17,22H,9-11H2,1-8H3,(H2,29,31)(H,30,32). The number of carbonyl (C=O) groups excluding carboxylic acids is 2. The lowest BCUT2D eigenvalue weighted by Gasteiger charge is -2.31. The van der Waals surface area contributed by atoms with Crippen LogP contribution in [0.3, 0.4) is 0 Å². The number of nitrogens with two attached hydrogens (primary N) is 1. The molecule has 0 fully saturated rings. The molecule has 34 heavy (non-hydrogen) atoms. The van der Waals surface area contributed by atoms with E-state index < -0.39 is 12.0 Å². The number of hydrogen-bond donors (Lipinski definition) is 2. The van der Waals surface area contributed by atoms with Gasteiger partial charge in [-0.3, -0.25) is 9.59 Å². The number of hydrogen-bond acceptors (Lipinski definition) is 4. The van der Waals surface area contributed by atoms with E-state index in [0.717, 1.165) is 18.4 Å². The Morgan fingerprint density at radius 3 is 2.09 bits per heavy atom. The van der Waals surface area contributed by atoms with Crippen molar-refractivity contribution < 1.29 is 19.1 Å². The zero-order valence-corrected chi connectivity index (χ0v) is 21.9. The van der Waals surface area contributed by atoms with E-state index in [0.29, 0.717) is 23.6 Å². The third kappa shape index (κ3) is 6.10. The Bertz CT molecular complexity index is 1030. The number of carbonyl (C=O) groups is 2. The Kier molecular flexibility index (Phi) is 8.76. The van der Waals surface area contributed by atoms with Gasteiger partial charge in [-0.15, -0.1) is 0 Å². The molecule has 6 heteroatoms. The van der Waals surface area contributed by atoms with E-state index in [4.69, 9.17) is 15.2 Å². The van der Waals surface area contributed by atoms with Gasteiger partial charge in [0.2, 0.25) is 5.91 Å². The smallest absolute Gasteiger partial charge is 0.265 e. The summed E-state index contributed by atoms with van der Waals surface area (Å²) in [6.07, 6.45) is 1.70. The molecule has 2 rings (SSSR count). The summed E-state index contributed by atoms with van der Waals surface area (Å²) in [5, 5.41) is 2.85. The summed E-state index contributed by atoms with van der Waals surface area (Å²) in [6, 6.07) is 11.0. The maximum atomic E-state index is 13.2. The molecule has 0 aliphatic carbocycles. The number of nitrogens with one attached hydrogen (secondary N) is 1. The molecule has 0 aliphatic rings. The van der Waals surface area contributed by atoms with Crippen molar-refractivity contribution in [3.8, 4) is 11.5 Å². The summed E-state index contributed by atoms with van der Waals surface area (Å²) in [6.45, 7) is 15.1. The first kappa shape index (κ1) is 27.2. The van der Waals surface area contributed by atoms with E-state index in [-0.39, 0.29) is 22.3 Å². The van der Waals surface area contributed by atoms with Crippen molar-refractivity contribution in [2.75, 3.05) is 12.4 Å². The monoisotopic (exact) mass is 468 g/mol. The average Bonchev–Trinajstić information content (AvgIpc) is 2.82. The third-order valence-corrected chi connectivity index (χ3v) is 6.93. The summed E-state index contributed by atoms with van der Waals surface area (Å²) in [5.41, 5.74) is 8.32. The Hall–Kier alpha value is -3.02. The highest BCUT2D eigenvalue weighted by atomic mass is 16.5. The van der Waals surface area contributed by atoms with Gasteiger partial charge in [0.05, 0.1) is 12.8 Å². The van der Waals surface area contributed by atoms with Crippen molar-refractivity contribution in [2.24, 2.45) is 5.73 Å². The summed E-state index contributed by atoms with van der Waals surface area (Å²) >= 11 is 0. The molecule has 2 amide bonds. The van der Waals surface area contributed by atoms with Crippen LogP contribution in [0.15, 0.2) is 36.4 Å². The SMILES string of the molecule is CCC(Oc1ccc(C(C)(C)CC)cc1C(C)(C)CC)C(=O)Nc1cc(C(N)=O)ccc1OC. The van der Waals surface area contributed by atoms with Crippen LogP contribution in [0.1, 0.15) is 89.2 Å². The van der Waals surface area contributed by atoms with E-state index in [9.17, 15) is 9.59 Å². The minimum absolute atomic E-state index is 0.0423. The Labute approximate surface area is 204 Å². The lowest BCUT2D eigenvalue weighted by Crippen LogP contribution is -2.33. The number of amides is 2. The normalized spacial score (nSPS) is 12.7. The number of rotatable bonds is 11. The van der Waals surface area contributed by atoms with E-state index in [1.54, 1.807) is 12.1 Å². The second kappa shape index (κ2) is 10.9. The summed E-state index contributed by atoms with van der Waals surface area (Å²) in [5.74, 6) is 0.248. The van der Waals surface area contributed by atoms with Crippen LogP contribution in [0.5, 0.6) is 11.5 Å². The van der Waals surface area contributed by atoms with Gasteiger partial charge in [-0.2, -0.15) is 0 Å². The van der Waals surface area contributed by atoms with E-state index in [2.05, 4.69) is 59.0 Å². The Balaban J connectivity index is 2.40. The summed E-state index contributed by atoms with van der Waals surface area (Å²) in [4.78, 5) is 24.8. The highest BCUT2D eigenvalue weighted by Gasteiger charge is 2.29. The quantitative estimate of drug-likeness (QED) is 0.425. The topological polar surface area (TPSA) is 90.6 Å². The zero-order chi connectivity index (χ0) is 25.7. The molecular weight excluding hydrogens is 428 g/mol. The highest BCUT2D eigenvalue weighted by Crippen LogP contribution is 2.39. The lowest BCUT2D eigenvalue weighted by atomic mass is 9.76. The summed E-state index contributed by atoms with van der Waals surface area (Å²) in [7, 11) is 1.50. The number of methoxy groups -OCH3 is 1. The number of benzene rings is 2. The fraction of sp³-hybridized carbons (Fsp3) is 0.500. The van der Waals surface area contributed by atoms with Gasteiger partial charge in [-0.25, -0.2) is 0 Å². The molecule has 0 aromatic heterocycles. The summed E-state index contributed by atoms with van der Waals surface area (Å²) < 4.78 is 11.7. The molecule has 6 nitrogen and oxygen atoms in total. The van der Waals surface area contributed by atoms with Gasteiger partial charge in [0.15, 0.2) is 6.10 Å². The van der Waals surface area contributed by atoms with Crippen molar-refractivity contribution in [3.05, 3.63) is 53.1 Å². The second-order valence-corrected chi connectivity index (χ2v) is 9.97. The first-order chi connectivity index (χ1) is 15.9. The molecule has 0 radical (unpaired) electrons. The van der Waals surface area contributed by atoms with Crippen molar-refractivity contribution >= 4 is 17.5 Å². The van der Waals surface area contributed by atoms with E-state index in [1.807, 2.05) is 13.0 Å². The highest BCUT2D eigenvalue weighted by molar-refractivity contribution is 5.99. The molecule has 0 aliphatic heterocycles. The number of primary amides is 1. The van der Waals surface area contributed by atoms with Gasteiger partial charge in [-0.1, -0.05) is 60.6 Å². The maximum Gasteiger partial charge on any atom is 0.265 e. The van der Waals surface area contributed by atoms with Crippen LogP contribution in [-0.4, -0.2) is 25.0 Å². The largest absolute Gasteiger partial charge is 0.495 e. The molecular formula is C28H40N2O4. The molecule has 2 aromatic rings. The molecule has 0 heterocycles. The number of anilines is 1. The van der Waals surface area contributed by atoms with Crippen LogP contribution in [0.25, 0.3) is 0 Å². The Morgan fingerprint density at radius 2 is 1.56 bits per heavy atom. The van der Waals surface area contributed by atoms with Crippen LogP contribution in [0, 0.1) is 0 Å². The van der Waals surface area contributed by atoms with Crippen LogP contribution < -0.4 is 20.5 Å². The van der Waals surface area contributed by atoms with Crippen molar-refractivity contribution in [3.63, 3.8) is 0 Å². The molecule has 1 unspecified atom stereocenters.